The summed E-state index contributed by atoms with van der Waals surface area (Å²) in [6.07, 6.45) is 0. The van der Waals surface area contributed by atoms with Crippen molar-refractivity contribution in [3.8, 4) is 39.1 Å². The fourth-order valence-electron chi connectivity index (χ4n) is 8.35. The van der Waals surface area contributed by atoms with Crippen molar-refractivity contribution in [3.05, 3.63) is 230 Å². The second kappa shape index (κ2) is 14.7. The van der Waals surface area contributed by atoms with Crippen LogP contribution in [0.5, 0.6) is 0 Å². The standard InChI is InChI=1S/C54H38N4/c55-53(40-16-2-1-3-17-40)58(50-28-14-18-37-15-4-5-21-45(37)50)54(56)41-31-29-38(30-32-41)43-19-6-8-22-46(43)47-23-9-7-20-44(47)39-33-35-42(36-34-39)57-51-26-12-10-24-48(51)49-25-11-13-27-52(49)57/h1-36,55-56H. The zero-order valence-corrected chi connectivity index (χ0v) is 31.7. The monoisotopic (exact) mass is 742 g/mol. The smallest absolute Gasteiger partial charge is 0.138 e. The first-order valence-electron chi connectivity index (χ1n) is 19.5. The van der Waals surface area contributed by atoms with Gasteiger partial charge in [0.15, 0.2) is 0 Å². The van der Waals surface area contributed by atoms with Crippen LogP contribution in [-0.2, 0) is 0 Å². The first-order chi connectivity index (χ1) is 28.6. The Bertz CT molecular complexity index is 3080. The topological polar surface area (TPSA) is 55.9 Å². The molecule has 0 bridgehead atoms. The molecular formula is C54H38N4. The van der Waals surface area contributed by atoms with Crippen LogP contribution in [0, 0.1) is 10.8 Å². The molecule has 0 saturated heterocycles. The summed E-state index contributed by atoms with van der Waals surface area (Å²) in [5.74, 6) is 0.482. The Hall–Kier alpha value is -7.82. The van der Waals surface area contributed by atoms with Crippen molar-refractivity contribution >= 4 is 49.9 Å². The van der Waals surface area contributed by atoms with Gasteiger partial charge in [-0.15, -0.1) is 0 Å². The Labute approximate surface area is 337 Å². The molecule has 10 aromatic rings. The molecule has 0 amide bonds. The number of aromatic nitrogens is 1. The van der Waals surface area contributed by atoms with E-state index in [1.165, 1.54) is 21.8 Å². The fourth-order valence-corrected chi connectivity index (χ4v) is 8.35. The fraction of sp³-hybridized carbons (Fsp3) is 0. The summed E-state index contributed by atoms with van der Waals surface area (Å²) in [6.45, 7) is 0. The van der Waals surface area contributed by atoms with Gasteiger partial charge in [-0.1, -0.05) is 188 Å². The number of hydrogen-bond acceptors (Lipinski definition) is 2. The van der Waals surface area contributed by atoms with Gasteiger partial charge in [-0.2, -0.15) is 0 Å². The number of nitrogens with zero attached hydrogens (tertiary/aromatic N) is 2. The van der Waals surface area contributed by atoms with Gasteiger partial charge in [0.05, 0.1) is 16.7 Å². The molecule has 274 valence electrons. The van der Waals surface area contributed by atoms with Crippen LogP contribution in [-0.4, -0.2) is 16.2 Å². The number of nitrogens with one attached hydrogen (secondary N) is 2. The first kappa shape index (κ1) is 34.7. The van der Waals surface area contributed by atoms with E-state index < -0.39 is 0 Å². The minimum absolute atomic E-state index is 0.236. The van der Waals surface area contributed by atoms with Crippen LogP contribution < -0.4 is 4.90 Å². The first-order valence-corrected chi connectivity index (χ1v) is 19.5. The van der Waals surface area contributed by atoms with E-state index in [0.717, 1.165) is 66.7 Å². The molecule has 1 heterocycles. The molecule has 0 unspecified atom stereocenters. The lowest BCUT2D eigenvalue weighted by atomic mass is 9.89. The molecular weight excluding hydrogens is 705 g/mol. The third-order valence-electron chi connectivity index (χ3n) is 11.1. The summed E-state index contributed by atoms with van der Waals surface area (Å²) in [5.41, 5.74) is 12.5. The van der Waals surface area contributed by atoms with E-state index in [9.17, 15) is 10.8 Å². The van der Waals surface area contributed by atoms with Crippen molar-refractivity contribution < 1.29 is 0 Å². The number of fused-ring (bicyclic) bond motifs is 4. The lowest BCUT2D eigenvalue weighted by molar-refractivity contribution is 1.18. The van der Waals surface area contributed by atoms with E-state index in [0.29, 0.717) is 0 Å². The van der Waals surface area contributed by atoms with Gasteiger partial charge in [-0.3, -0.25) is 15.7 Å². The van der Waals surface area contributed by atoms with Crippen LogP contribution in [0.3, 0.4) is 0 Å². The summed E-state index contributed by atoms with van der Waals surface area (Å²) in [6, 6.07) is 75.4. The third kappa shape index (κ3) is 6.05. The summed E-state index contributed by atoms with van der Waals surface area (Å²) >= 11 is 0. The molecule has 58 heavy (non-hydrogen) atoms. The van der Waals surface area contributed by atoms with Crippen LogP contribution in [0.15, 0.2) is 218 Å². The summed E-state index contributed by atoms with van der Waals surface area (Å²) in [5, 5.41) is 23.5. The van der Waals surface area contributed by atoms with Gasteiger partial charge in [0.25, 0.3) is 0 Å². The maximum Gasteiger partial charge on any atom is 0.138 e. The average Bonchev–Trinajstić information content (AvgIpc) is 3.64. The second-order valence-electron chi connectivity index (χ2n) is 14.5. The highest BCUT2D eigenvalue weighted by molar-refractivity contribution is 6.29. The third-order valence-corrected chi connectivity index (χ3v) is 11.1. The molecule has 0 radical (unpaired) electrons. The molecule has 0 saturated carbocycles. The predicted octanol–water partition coefficient (Wildman–Crippen LogP) is 13.8. The van der Waals surface area contributed by atoms with Crippen LogP contribution >= 0.6 is 0 Å². The van der Waals surface area contributed by atoms with Gasteiger partial charge in [0, 0.05) is 33.0 Å². The van der Waals surface area contributed by atoms with Crippen molar-refractivity contribution in [1.29, 1.82) is 10.8 Å². The number of rotatable bonds is 7. The van der Waals surface area contributed by atoms with Gasteiger partial charge >= 0.3 is 0 Å². The summed E-state index contributed by atoms with van der Waals surface area (Å²) in [7, 11) is 0. The van der Waals surface area contributed by atoms with Crippen LogP contribution in [0.1, 0.15) is 11.1 Å². The molecule has 4 nitrogen and oxygen atoms in total. The number of benzene rings is 9. The van der Waals surface area contributed by atoms with Crippen LogP contribution in [0.2, 0.25) is 0 Å². The molecule has 0 fully saturated rings. The van der Waals surface area contributed by atoms with Crippen molar-refractivity contribution in [2.24, 2.45) is 0 Å². The van der Waals surface area contributed by atoms with Gasteiger partial charge in [0.1, 0.15) is 11.7 Å². The highest BCUT2D eigenvalue weighted by Crippen LogP contribution is 2.39. The SMILES string of the molecule is N=C(c1ccccc1)N(C(=N)c1ccc(-c2ccccc2-c2ccccc2-c2ccc(-n3c4ccccc4c4ccccc43)cc2)cc1)c1cccc2ccccc12. The molecule has 0 aliphatic rings. The van der Waals surface area contributed by atoms with E-state index in [-0.39, 0.29) is 11.7 Å². The lowest BCUT2D eigenvalue weighted by Crippen LogP contribution is -2.37. The van der Waals surface area contributed by atoms with Gasteiger partial charge < -0.3 is 4.57 Å². The molecule has 10 rings (SSSR count). The lowest BCUT2D eigenvalue weighted by Gasteiger charge is -2.27. The number of amidine groups is 2. The van der Waals surface area contributed by atoms with Crippen molar-refractivity contribution in [2.45, 2.75) is 0 Å². The minimum atomic E-state index is 0.236. The molecule has 0 spiro atoms. The van der Waals surface area contributed by atoms with Crippen LogP contribution in [0.25, 0.3) is 71.6 Å². The van der Waals surface area contributed by atoms with E-state index in [2.05, 4.69) is 156 Å². The zero-order valence-electron chi connectivity index (χ0n) is 31.7. The van der Waals surface area contributed by atoms with Crippen molar-refractivity contribution in [2.75, 3.05) is 4.90 Å². The number of anilines is 1. The molecule has 9 aromatic carbocycles. The highest BCUT2D eigenvalue weighted by atomic mass is 15.2. The molecule has 4 heteroatoms. The van der Waals surface area contributed by atoms with Gasteiger partial charge in [0.2, 0.25) is 0 Å². The van der Waals surface area contributed by atoms with E-state index >= 15 is 0 Å². The van der Waals surface area contributed by atoms with Crippen molar-refractivity contribution in [3.63, 3.8) is 0 Å². The Morgan fingerprint density at radius 1 is 0.345 bits per heavy atom. The second-order valence-corrected chi connectivity index (χ2v) is 14.5. The quantitative estimate of drug-likeness (QED) is 0.124. The highest BCUT2D eigenvalue weighted by Gasteiger charge is 2.23. The summed E-state index contributed by atoms with van der Waals surface area (Å²) < 4.78 is 2.35. The van der Waals surface area contributed by atoms with Gasteiger partial charge in [-0.25, -0.2) is 0 Å². The molecule has 2 N–H and O–H groups in total. The van der Waals surface area contributed by atoms with Crippen molar-refractivity contribution in [1.82, 2.24) is 4.57 Å². The normalized spacial score (nSPS) is 11.2. The Balaban J connectivity index is 0.999. The van der Waals surface area contributed by atoms with E-state index in [4.69, 9.17) is 0 Å². The maximum absolute atomic E-state index is 9.58. The van der Waals surface area contributed by atoms with Gasteiger partial charge in [-0.05, 0) is 69.1 Å². The predicted molar refractivity (Wildman–Crippen MR) is 244 cm³/mol. The maximum atomic E-state index is 9.58. The van der Waals surface area contributed by atoms with E-state index in [1.54, 1.807) is 4.90 Å². The Morgan fingerprint density at radius 3 is 1.36 bits per heavy atom. The number of hydrogen-bond donors (Lipinski definition) is 2. The minimum Gasteiger partial charge on any atom is -0.309 e. The van der Waals surface area contributed by atoms with E-state index in [1.807, 2.05) is 66.7 Å². The molecule has 1 aromatic heterocycles. The van der Waals surface area contributed by atoms with Crippen LogP contribution in [0.4, 0.5) is 5.69 Å². The largest absolute Gasteiger partial charge is 0.309 e. The Morgan fingerprint density at radius 2 is 0.776 bits per heavy atom. The molecule has 0 aliphatic heterocycles. The number of para-hydroxylation sites is 2. The molecule has 0 atom stereocenters. The molecule has 0 aliphatic carbocycles. The zero-order chi connectivity index (χ0) is 39.0. The Kier molecular flexibility index (Phi) is 8.77. The summed E-state index contributed by atoms with van der Waals surface area (Å²) in [4.78, 5) is 1.75. The average molecular weight is 743 g/mol.